The lowest BCUT2D eigenvalue weighted by Crippen LogP contribution is -2.03. The van der Waals surface area contributed by atoms with Crippen molar-refractivity contribution in [1.29, 1.82) is 0 Å². The lowest BCUT2D eigenvalue weighted by molar-refractivity contribution is -0.385. The van der Waals surface area contributed by atoms with Gasteiger partial charge in [0.2, 0.25) is 0 Å². The van der Waals surface area contributed by atoms with Gasteiger partial charge in [0, 0.05) is 26.2 Å². The summed E-state index contributed by atoms with van der Waals surface area (Å²) in [6.07, 6.45) is 0.711. The summed E-state index contributed by atoms with van der Waals surface area (Å²) >= 11 is 0. The van der Waals surface area contributed by atoms with Crippen molar-refractivity contribution in [1.82, 2.24) is 0 Å². The zero-order valence-electron chi connectivity index (χ0n) is 9.84. The molecule has 0 N–H and O–H groups in total. The Morgan fingerprint density at radius 1 is 1.24 bits per heavy atom. The van der Waals surface area contributed by atoms with Gasteiger partial charge in [-0.1, -0.05) is 0 Å². The summed E-state index contributed by atoms with van der Waals surface area (Å²) in [5.74, 6) is 0.853. The number of ether oxygens (including phenoxy) is 3. The first-order chi connectivity index (χ1) is 8.19. The third-order valence-electron chi connectivity index (χ3n) is 2.11. The fraction of sp³-hybridized carbons (Fsp3) is 0.455. The highest BCUT2D eigenvalue weighted by atomic mass is 16.6. The molecule has 0 bridgehead atoms. The molecule has 0 saturated carbocycles. The van der Waals surface area contributed by atoms with E-state index in [0.29, 0.717) is 31.1 Å². The van der Waals surface area contributed by atoms with Crippen LogP contribution in [0.15, 0.2) is 18.2 Å². The Labute approximate surface area is 99.2 Å². The van der Waals surface area contributed by atoms with Crippen LogP contribution in [0.25, 0.3) is 0 Å². The average molecular weight is 241 g/mol. The lowest BCUT2D eigenvalue weighted by atomic mass is 10.3. The van der Waals surface area contributed by atoms with Crippen LogP contribution in [0.4, 0.5) is 5.69 Å². The van der Waals surface area contributed by atoms with Gasteiger partial charge < -0.3 is 14.2 Å². The summed E-state index contributed by atoms with van der Waals surface area (Å²) < 4.78 is 15.3. The minimum atomic E-state index is -0.471. The minimum Gasteiger partial charge on any atom is -0.493 e. The van der Waals surface area contributed by atoms with E-state index in [1.54, 1.807) is 7.11 Å². The first-order valence-corrected chi connectivity index (χ1v) is 5.13. The monoisotopic (exact) mass is 241 g/mol. The van der Waals surface area contributed by atoms with Crippen molar-refractivity contribution in [3.8, 4) is 11.5 Å². The normalized spacial score (nSPS) is 10.0. The summed E-state index contributed by atoms with van der Waals surface area (Å²) in [6.45, 7) is 1.00. The highest BCUT2D eigenvalue weighted by molar-refractivity contribution is 5.48. The maximum absolute atomic E-state index is 10.6. The standard InChI is InChI=1S/C11H15NO5/c1-15-6-3-7-17-11-8-9(12(13)14)4-5-10(11)16-2/h4-5,8H,3,6-7H2,1-2H3. The van der Waals surface area contributed by atoms with E-state index in [1.807, 2.05) is 0 Å². The first kappa shape index (κ1) is 13.2. The maximum atomic E-state index is 10.6. The van der Waals surface area contributed by atoms with Gasteiger partial charge in [0.05, 0.1) is 24.7 Å². The molecule has 0 radical (unpaired) electrons. The van der Waals surface area contributed by atoms with E-state index >= 15 is 0 Å². The van der Waals surface area contributed by atoms with Gasteiger partial charge in [-0.15, -0.1) is 0 Å². The number of hydrogen-bond acceptors (Lipinski definition) is 5. The van der Waals surface area contributed by atoms with E-state index in [2.05, 4.69) is 0 Å². The highest BCUT2D eigenvalue weighted by Crippen LogP contribution is 2.31. The predicted molar refractivity (Wildman–Crippen MR) is 61.6 cm³/mol. The summed E-state index contributed by atoms with van der Waals surface area (Å²) in [7, 11) is 3.09. The van der Waals surface area contributed by atoms with Crippen molar-refractivity contribution in [2.45, 2.75) is 6.42 Å². The molecule has 1 aromatic carbocycles. The van der Waals surface area contributed by atoms with Gasteiger partial charge in [-0.25, -0.2) is 0 Å². The molecule has 0 heterocycles. The van der Waals surface area contributed by atoms with Crippen molar-refractivity contribution >= 4 is 5.69 Å². The molecule has 0 amide bonds. The number of nitro benzene ring substituents is 1. The van der Waals surface area contributed by atoms with Crippen LogP contribution in [0.5, 0.6) is 11.5 Å². The van der Waals surface area contributed by atoms with Crippen LogP contribution < -0.4 is 9.47 Å². The van der Waals surface area contributed by atoms with Crippen LogP contribution in [-0.4, -0.2) is 32.4 Å². The highest BCUT2D eigenvalue weighted by Gasteiger charge is 2.12. The largest absolute Gasteiger partial charge is 0.493 e. The van der Waals surface area contributed by atoms with Gasteiger partial charge in [-0.3, -0.25) is 10.1 Å². The Bertz CT molecular complexity index is 380. The van der Waals surface area contributed by atoms with E-state index in [1.165, 1.54) is 25.3 Å². The second-order valence-electron chi connectivity index (χ2n) is 3.29. The topological polar surface area (TPSA) is 70.8 Å². The number of hydrogen-bond donors (Lipinski definition) is 0. The van der Waals surface area contributed by atoms with E-state index < -0.39 is 4.92 Å². The van der Waals surface area contributed by atoms with E-state index in [9.17, 15) is 10.1 Å². The lowest BCUT2D eigenvalue weighted by Gasteiger charge is -2.09. The Morgan fingerprint density at radius 3 is 2.59 bits per heavy atom. The number of non-ortho nitro benzene ring substituents is 1. The molecular weight excluding hydrogens is 226 g/mol. The fourth-order valence-electron chi connectivity index (χ4n) is 1.28. The number of nitro groups is 1. The van der Waals surface area contributed by atoms with Crippen molar-refractivity contribution in [3.63, 3.8) is 0 Å². The number of rotatable bonds is 7. The predicted octanol–water partition coefficient (Wildman–Crippen LogP) is 2.02. The van der Waals surface area contributed by atoms with Crippen molar-refractivity contribution in [2.24, 2.45) is 0 Å². The number of nitrogens with zero attached hydrogens (tertiary/aromatic N) is 1. The zero-order chi connectivity index (χ0) is 12.7. The number of benzene rings is 1. The van der Waals surface area contributed by atoms with Crippen LogP contribution in [0, 0.1) is 10.1 Å². The van der Waals surface area contributed by atoms with E-state index in [0.717, 1.165) is 0 Å². The zero-order valence-corrected chi connectivity index (χ0v) is 9.84. The molecule has 0 atom stereocenters. The minimum absolute atomic E-state index is 0.0208. The van der Waals surface area contributed by atoms with Gasteiger partial charge in [-0.2, -0.15) is 0 Å². The molecule has 0 unspecified atom stereocenters. The molecule has 6 nitrogen and oxygen atoms in total. The molecule has 0 aliphatic carbocycles. The van der Waals surface area contributed by atoms with Crippen LogP contribution in [0.2, 0.25) is 0 Å². The van der Waals surface area contributed by atoms with Crippen LogP contribution in [-0.2, 0) is 4.74 Å². The van der Waals surface area contributed by atoms with Crippen molar-refractivity contribution in [3.05, 3.63) is 28.3 Å². The van der Waals surface area contributed by atoms with E-state index in [4.69, 9.17) is 14.2 Å². The van der Waals surface area contributed by atoms with Gasteiger partial charge >= 0.3 is 0 Å². The van der Waals surface area contributed by atoms with Crippen LogP contribution >= 0.6 is 0 Å². The average Bonchev–Trinajstić information content (AvgIpc) is 2.34. The van der Waals surface area contributed by atoms with Crippen molar-refractivity contribution < 1.29 is 19.1 Å². The second-order valence-corrected chi connectivity index (χ2v) is 3.29. The van der Waals surface area contributed by atoms with E-state index in [-0.39, 0.29) is 5.69 Å². The molecule has 17 heavy (non-hydrogen) atoms. The third-order valence-corrected chi connectivity index (χ3v) is 2.11. The SMILES string of the molecule is COCCCOc1cc([N+](=O)[O-])ccc1OC. The van der Waals surface area contributed by atoms with Crippen LogP contribution in [0.3, 0.4) is 0 Å². The summed E-state index contributed by atoms with van der Waals surface area (Å²) in [6, 6.07) is 4.25. The molecule has 0 aliphatic rings. The Kier molecular flexibility index (Phi) is 5.22. The maximum Gasteiger partial charge on any atom is 0.273 e. The molecule has 0 aromatic heterocycles. The molecule has 0 spiro atoms. The Morgan fingerprint density at radius 2 is 2.00 bits per heavy atom. The fourth-order valence-corrected chi connectivity index (χ4v) is 1.28. The molecule has 1 aromatic rings. The smallest absolute Gasteiger partial charge is 0.273 e. The molecule has 94 valence electrons. The molecule has 1 rings (SSSR count). The molecule has 0 saturated heterocycles. The molecule has 0 fully saturated rings. The summed E-state index contributed by atoms with van der Waals surface area (Å²) in [5.41, 5.74) is -0.0208. The Hall–Kier alpha value is -1.82. The number of methoxy groups -OCH3 is 2. The van der Waals surface area contributed by atoms with Crippen LogP contribution in [0.1, 0.15) is 6.42 Å². The molecule has 6 heteroatoms. The Balaban J connectivity index is 2.72. The van der Waals surface area contributed by atoms with Gasteiger partial charge in [-0.05, 0) is 6.07 Å². The van der Waals surface area contributed by atoms with Gasteiger partial charge in [0.15, 0.2) is 11.5 Å². The third kappa shape index (κ3) is 3.92. The summed E-state index contributed by atoms with van der Waals surface area (Å²) in [5, 5.41) is 10.6. The first-order valence-electron chi connectivity index (χ1n) is 5.13. The van der Waals surface area contributed by atoms with Gasteiger partial charge in [0.25, 0.3) is 5.69 Å². The molecular formula is C11H15NO5. The summed E-state index contributed by atoms with van der Waals surface area (Å²) in [4.78, 5) is 10.1. The second kappa shape index (κ2) is 6.70. The van der Waals surface area contributed by atoms with Crippen molar-refractivity contribution in [2.75, 3.05) is 27.4 Å². The van der Waals surface area contributed by atoms with Gasteiger partial charge in [0.1, 0.15) is 0 Å². The quantitative estimate of drug-likeness (QED) is 0.415. The molecule has 0 aliphatic heterocycles.